The van der Waals surface area contributed by atoms with Crippen LogP contribution >= 0.6 is 35.6 Å². The molecule has 0 spiro atoms. The van der Waals surface area contributed by atoms with Crippen molar-refractivity contribution in [3.05, 3.63) is 89.8 Å². The van der Waals surface area contributed by atoms with Gasteiger partial charge in [-0.1, -0.05) is 23.4 Å². The van der Waals surface area contributed by atoms with E-state index in [0.717, 1.165) is 41.2 Å². The minimum atomic E-state index is -0.627. The maximum Gasteiger partial charge on any atom is 0.286 e. The molecule has 162 valence electrons. The van der Waals surface area contributed by atoms with E-state index in [4.69, 9.17) is 23.8 Å². The highest BCUT2D eigenvalue weighted by molar-refractivity contribution is 8.26. The molecule has 13 heteroatoms. The first-order chi connectivity index (χ1) is 15.2. The molecule has 1 amide bonds. The summed E-state index contributed by atoms with van der Waals surface area (Å²) in [5, 5.41) is 36.5. The van der Waals surface area contributed by atoms with Crippen LogP contribution in [0.25, 0.3) is 6.08 Å². The molecule has 32 heavy (non-hydrogen) atoms. The third-order valence-electron chi connectivity index (χ3n) is 3.99. The van der Waals surface area contributed by atoms with Crippen molar-refractivity contribution < 1.29 is 19.7 Å². The summed E-state index contributed by atoms with van der Waals surface area (Å²) in [5.74, 6) is -0.828. The summed E-state index contributed by atoms with van der Waals surface area (Å²) in [6.45, 7) is 0. The van der Waals surface area contributed by atoms with Crippen LogP contribution in [0.5, 0.6) is 5.75 Å². The molecule has 0 bridgehead atoms. The second-order valence-corrected chi connectivity index (χ2v) is 8.23. The first kappa shape index (κ1) is 23.1. The van der Waals surface area contributed by atoms with Crippen LogP contribution in [0.3, 0.4) is 0 Å². The van der Waals surface area contributed by atoms with Gasteiger partial charge in [0.25, 0.3) is 17.3 Å². The van der Waals surface area contributed by atoms with Gasteiger partial charge in [0.1, 0.15) is 5.75 Å². The summed E-state index contributed by atoms with van der Waals surface area (Å²) >= 11 is 12.3. The molecule has 1 aliphatic rings. The molecular formula is C19H11ClN4O6S2. The Balaban J connectivity index is 1.78. The number of phenols is 1. The molecule has 1 fully saturated rings. The highest BCUT2D eigenvalue weighted by Gasteiger charge is 2.32. The molecule has 0 saturated carbocycles. The molecule has 0 radical (unpaired) electrons. The molecule has 0 aromatic heterocycles. The number of nitro groups is 2. The molecule has 3 rings (SSSR count). The average Bonchev–Trinajstić information content (AvgIpc) is 3.00. The highest BCUT2D eigenvalue weighted by atomic mass is 35.5. The van der Waals surface area contributed by atoms with E-state index >= 15 is 0 Å². The predicted molar refractivity (Wildman–Crippen MR) is 124 cm³/mol. The lowest BCUT2D eigenvalue weighted by molar-refractivity contribution is -0.385. The van der Waals surface area contributed by atoms with Crippen molar-refractivity contribution in [2.45, 2.75) is 0 Å². The average molecular weight is 491 g/mol. The second kappa shape index (κ2) is 9.68. The third kappa shape index (κ3) is 5.35. The second-order valence-electron chi connectivity index (χ2n) is 6.12. The van der Waals surface area contributed by atoms with Crippen molar-refractivity contribution >= 4 is 69.5 Å². The smallest absolute Gasteiger partial charge is 0.286 e. The summed E-state index contributed by atoms with van der Waals surface area (Å²) in [7, 11) is 0. The van der Waals surface area contributed by atoms with Crippen LogP contribution in [-0.2, 0) is 4.79 Å². The van der Waals surface area contributed by atoms with Crippen LogP contribution in [-0.4, -0.2) is 36.4 Å². The summed E-state index contributed by atoms with van der Waals surface area (Å²) in [6, 6.07) is 9.06. The Morgan fingerprint density at radius 2 is 1.75 bits per heavy atom. The number of thioether (sulfide) groups is 1. The number of hydrogen-bond acceptors (Lipinski definition) is 9. The molecule has 0 unspecified atom stereocenters. The Hall–Kier alpha value is -3.61. The molecule has 1 heterocycles. The summed E-state index contributed by atoms with van der Waals surface area (Å²) in [4.78, 5) is 33.2. The monoisotopic (exact) mass is 490 g/mol. The molecular weight excluding hydrogens is 480 g/mol. The Labute approximate surface area is 194 Å². The predicted octanol–water partition coefficient (Wildman–Crippen LogP) is 4.57. The largest absolute Gasteiger partial charge is 0.507 e. The van der Waals surface area contributed by atoms with Gasteiger partial charge in [-0.25, -0.2) is 0 Å². The fourth-order valence-corrected chi connectivity index (χ4v) is 3.92. The number of thiocarbonyl (C=S) groups is 1. The van der Waals surface area contributed by atoms with Crippen molar-refractivity contribution in [1.29, 1.82) is 0 Å². The SMILES string of the molecule is O=C1C(=CC(Cl)=Cc2ccc([N+](=O)[O-])cc2)SC(=S)N1N=Cc1cc([N+](=O)[O-])ccc1O. The summed E-state index contributed by atoms with van der Waals surface area (Å²) < 4.78 is 0.0993. The Kier molecular flexibility index (Phi) is 6.98. The molecule has 1 aliphatic heterocycles. The van der Waals surface area contributed by atoms with Gasteiger partial charge in [-0.3, -0.25) is 25.0 Å². The zero-order chi connectivity index (χ0) is 23.4. The van der Waals surface area contributed by atoms with Crippen molar-refractivity contribution in [2.75, 3.05) is 0 Å². The number of rotatable bonds is 6. The van der Waals surface area contributed by atoms with Crippen molar-refractivity contribution in [1.82, 2.24) is 5.01 Å². The lowest BCUT2D eigenvalue weighted by Crippen LogP contribution is -2.22. The number of hydrazone groups is 1. The van der Waals surface area contributed by atoms with Gasteiger partial charge in [-0.15, -0.1) is 0 Å². The number of benzene rings is 2. The first-order valence-corrected chi connectivity index (χ1v) is 10.2. The first-order valence-electron chi connectivity index (χ1n) is 8.56. The van der Waals surface area contributed by atoms with Gasteiger partial charge in [0.15, 0.2) is 4.32 Å². The quantitative estimate of drug-likeness (QED) is 0.204. The van der Waals surface area contributed by atoms with Crippen molar-refractivity contribution in [2.24, 2.45) is 5.10 Å². The van der Waals surface area contributed by atoms with E-state index in [1.807, 2.05) is 0 Å². The molecule has 2 aromatic rings. The standard InChI is InChI=1S/C19H11ClN4O6S2/c20-13(7-11-1-3-14(4-2-11)23(27)28)9-17-18(26)22(19(31)32-17)21-10-12-8-15(24(29)30)5-6-16(12)25/h1-10,25H. The van der Waals surface area contributed by atoms with Gasteiger partial charge in [-0.2, -0.15) is 10.1 Å². The van der Waals surface area contributed by atoms with E-state index in [2.05, 4.69) is 5.10 Å². The molecule has 1 N–H and O–H groups in total. The van der Waals surface area contributed by atoms with E-state index in [-0.39, 0.29) is 36.9 Å². The third-order valence-corrected chi connectivity index (χ3v) is 5.49. The number of amides is 1. The van der Waals surface area contributed by atoms with E-state index in [1.165, 1.54) is 36.4 Å². The number of non-ortho nitro benzene ring substituents is 2. The van der Waals surface area contributed by atoms with Crippen LogP contribution < -0.4 is 0 Å². The van der Waals surface area contributed by atoms with E-state index in [0.29, 0.717) is 5.56 Å². The van der Waals surface area contributed by atoms with Crippen molar-refractivity contribution in [3.8, 4) is 5.75 Å². The highest BCUT2D eigenvalue weighted by Crippen LogP contribution is 2.33. The van der Waals surface area contributed by atoms with Gasteiger partial charge in [0, 0.05) is 34.9 Å². The summed E-state index contributed by atoms with van der Waals surface area (Å²) in [6.07, 6.45) is 3.98. The molecule has 0 atom stereocenters. The molecule has 10 nitrogen and oxygen atoms in total. The zero-order valence-electron chi connectivity index (χ0n) is 15.7. The van der Waals surface area contributed by atoms with Crippen molar-refractivity contribution in [3.63, 3.8) is 0 Å². The van der Waals surface area contributed by atoms with E-state index < -0.39 is 15.8 Å². The lowest BCUT2D eigenvalue weighted by atomic mass is 10.2. The van der Waals surface area contributed by atoms with Crippen LogP contribution in [0, 0.1) is 20.2 Å². The van der Waals surface area contributed by atoms with Gasteiger partial charge < -0.3 is 5.11 Å². The fraction of sp³-hybridized carbons (Fsp3) is 0. The fourth-order valence-electron chi connectivity index (χ4n) is 2.46. The number of carbonyl (C=O) groups excluding carboxylic acids is 1. The number of hydrogen-bond donors (Lipinski definition) is 1. The van der Waals surface area contributed by atoms with Gasteiger partial charge in [-0.05, 0) is 48.1 Å². The van der Waals surface area contributed by atoms with Gasteiger partial charge in [0.2, 0.25) is 0 Å². The summed E-state index contributed by atoms with van der Waals surface area (Å²) in [5.41, 5.74) is 0.310. The number of halogens is 1. The van der Waals surface area contributed by atoms with E-state index in [9.17, 15) is 30.1 Å². The number of phenolic OH excluding ortho intramolecular Hbond substituents is 1. The zero-order valence-corrected chi connectivity index (χ0v) is 18.1. The number of carbonyl (C=O) groups is 1. The Morgan fingerprint density at radius 1 is 1.12 bits per heavy atom. The van der Waals surface area contributed by atoms with Gasteiger partial charge in [0.05, 0.1) is 21.0 Å². The van der Waals surface area contributed by atoms with Crippen LogP contribution in [0.2, 0.25) is 0 Å². The minimum Gasteiger partial charge on any atom is -0.507 e. The number of nitrogens with zero attached hydrogens (tertiary/aromatic N) is 4. The normalized spacial score (nSPS) is 15.7. The van der Waals surface area contributed by atoms with Crippen LogP contribution in [0.4, 0.5) is 11.4 Å². The Morgan fingerprint density at radius 3 is 2.38 bits per heavy atom. The topological polar surface area (TPSA) is 139 Å². The number of aromatic hydroxyl groups is 1. The Bertz CT molecular complexity index is 1230. The van der Waals surface area contributed by atoms with E-state index in [1.54, 1.807) is 0 Å². The number of nitro benzene ring substituents is 2. The number of allylic oxidation sites excluding steroid dienone is 2. The minimum absolute atomic E-state index is 0.0355. The molecule has 1 saturated heterocycles. The maximum absolute atomic E-state index is 12.6. The molecule has 2 aromatic carbocycles. The molecule has 0 aliphatic carbocycles. The van der Waals surface area contributed by atoms with Gasteiger partial charge >= 0.3 is 0 Å². The van der Waals surface area contributed by atoms with Crippen LogP contribution in [0.15, 0.2) is 63.6 Å². The maximum atomic E-state index is 12.6. The lowest BCUT2D eigenvalue weighted by Gasteiger charge is -2.06. The van der Waals surface area contributed by atoms with Crippen LogP contribution in [0.1, 0.15) is 11.1 Å².